The summed E-state index contributed by atoms with van der Waals surface area (Å²) >= 11 is 1.62. The van der Waals surface area contributed by atoms with Gasteiger partial charge in [-0.25, -0.2) is 4.79 Å². The molecule has 2 N–H and O–H groups in total. The van der Waals surface area contributed by atoms with Crippen LogP contribution < -0.4 is 5.32 Å². The van der Waals surface area contributed by atoms with Crippen molar-refractivity contribution in [1.29, 1.82) is 0 Å². The fourth-order valence-corrected chi connectivity index (χ4v) is 3.43. The molecule has 1 aromatic heterocycles. The number of thiophene rings is 1. The first kappa shape index (κ1) is 16.0. The van der Waals surface area contributed by atoms with E-state index in [1.807, 2.05) is 37.3 Å². The number of allylic oxidation sites excluding steroid dienone is 1. The topological polar surface area (TPSA) is 66.4 Å². The Morgan fingerprint density at radius 1 is 1.08 bits per heavy atom. The number of carboxylic acids is 1. The van der Waals surface area contributed by atoms with Gasteiger partial charge in [-0.1, -0.05) is 30.3 Å². The van der Waals surface area contributed by atoms with Crippen LogP contribution in [-0.2, 0) is 4.79 Å². The van der Waals surface area contributed by atoms with E-state index < -0.39 is 5.97 Å². The van der Waals surface area contributed by atoms with Crippen molar-refractivity contribution in [2.45, 2.75) is 6.92 Å². The molecule has 0 bridgehead atoms. The molecule has 1 amide bonds. The molecule has 0 radical (unpaired) electrons. The minimum Gasteiger partial charge on any atom is -0.478 e. The predicted octanol–water partition coefficient (Wildman–Crippen LogP) is 4.64. The highest BCUT2D eigenvalue weighted by atomic mass is 32.1. The van der Waals surface area contributed by atoms with Crippen molar-refractivity contribution < 1.29 is 14.7 Å². The second-order valence-corrected chi connectivity index (χ2v) is 6.40. The second-order valence-electron chi connectivity index (χ2n) is 5.32. The van der Waals surface area contributed by atoms with Crippen LogP contribution in [0.15, 0.2) is 60.7 Å². The van der Waals surface area contributed by atoms with E-state index in [0.29, 0.717) is 0 Å². The Balaban J connectivity index is 1.83. The lowest BCUT2D eigenvalue weighted by Gasteiger charge is -2.06. The Morgan fingerprint density at radius 3 is 2.54 bits per heavy atom. The summed E-state index contributed by atoms with van der Waals surface area (Å²) in [6.07, 6.45) is 1.49. The van der Waals surface area contributed by atoms with Crippen LogP contribution in [-0.4, -0.2) is 17.0 Å². The average Bonchev–Trinajstić information content (AvgIpc) is 2.99. The molecule has 4 nitrogen and oxygen atoms in total. The highest BCUT2D eigenvalue weighted by Gasteiger charge is 2.11. The summed E-state index contributed by atoms with van der Waals surface area (Å²) in [5, 5.41) is 12.9. The number of carbonyl (C=O) groups is 2. The van der Waals surface area contributed by atoms with E-state index in [1.165, 1.54) is 12.1 Å². The lowest BCUT2D eigenvalue weighted by Crippen LogP contribution is -2.12. The number of nitrogens with one attached hydrogen (secondary N) is 1. The minimum atomic E-state index is -1.07. The van der Waals surface area contributed by atoms with Gasteiger partial charge in [0.05, 0.1) is 11.3 Å². The Kier molecular flexibility index (Phi) is 4.44. The first-order chi connectivity index (χ1) is 11.5. The van der Waals surface area contributed by atoms with Gasteiger partial charge in [0.1, 0.15) is 0 Å². The Hall–Kier alpha value is -2.92. The minimum absolute atomic E-state index is 0.0683. The van der Waals surface area contributed by atoms with Gasteiger partial charge in [-0.15, -0.1) is 11.3 Å². The summed E-state index contributed by atoms with van der Waals surface area (Å²) in [6.45, 7) is 1.87. The number of hydrogen-bond donors (Lipinski definition) is 2. The summed E-state index contributed by atoms with van der Waals surface area (Å²) in [6, 6.07) is 16.4. The quantitative estimate of drug-likeness (QED) is 0.682. The molecule has 0 aliphatic carbocycles. The van der Waals surface area contributed by atoms with E-state index in [1.54, 1.807) is 29.5 Å². The third kappa shape index (κ3) is 3.36. The number of carbonyl (C=O) groups excluding carboxylic acids is 1. The van der Waals surface area contributed by atoms with Crippen molar-refractivity contribution in [1.82, 2.24) is 0 Å². The monoisotopic (exact) mass is 337 g/mol. The first-order valence-corrected chi connectivity index (χ1v) is 8.17. The number of anilines is 1. The van der Waals surface area contributed by atoms with Gasteiger partial charge < -0.3 is 10.4 Å². The van der Waals surface area contributed by atoms with Crippen molar-refractivity contribution in [2.24, 2.45) is 0 Å². The maximum atomic E-state index is 12.2. The average molecular weight is 337 g/mol. The van der Waals surface area contributed by atoms with E-state index in [-0.39, 0.29) is 17.2 Å². The van der Waals surface area contributed by atoms with Gasteiger partial charge in [-0.3, -0.25) is 4.79 Å². The molecular formula is C19H15NO3S. The first-order valence-electron chi connectivity index (χ1n) is 7.35. The maximum absolute atomic E-state index is 12.2. The van der Waals surface area contributed by atoms with Gasteiger partial charge >= 0.3 is 5.97 Å². The van der Waals surface area contributed by atoms with Crippen LogP contribution >= 0.6 is 11.3 Å². The molecule has 0 fully saturated rings. The number of rotatable bonds is 4. The number of para-hydroxylation sites is 1. The standard InChI is InChI=1S/C19H15NO3S/c1-12(17-11-13-6-2-5-9-16(13)24-17)10-18(21)20-15-8-4-3-7-14(15)19(22)23/h2-11H,1H3,(H,20,21)(H,22,23). The predicted molar refractivity (Wildman–Crippen MR) is 97.5 cm³/mol. The number of fused-ring (bicyclic) bond motifs is 1. The van der Waals surface area contributed by atoms with Crippen LogP contribution in [0.25, 0.3) is 15.7 Å². The van der Waals surface area contributed by atoms with Gasteiger partial charge in [-0.05, 0) is 42.1 Å². The number of hydrogen-bond acceptors (Lipinski definition) is 3. The molecule has 3 aromatic rings. The Bertz CT molecular complexity index is 923. The molecule has 0 saturated carbocycles. The van der Waals surface area contributed by atoms with E-state index in [4.69, 9.17) is 5.11 Å². The molecule has 0 unspecified atom stereocenters. The SMILES string of the molecule is CC(=CC(=O)Nc1ccccc1C(=O)O)c1cc2ccccc2s1. The van der Waals surface area contributed by atoms with Crippen LogP contribution in [0.4, 0.5) is 5.69 Å². The van der Waals surface area contributed by atoms with E-state index in [0.717, 1.165) is 20.5 Å². The Morgan fingerprint density at radius 2 is 1.79 bits per heavy atom. The third-order valence-electron chi connectivity index (χ3n) is 3.58. The summed E-state index contributed by atoms with van der Waals surface area (Å²) in [5.41, 5.74) is 1.19. The lowest BCUT2D eigenvalue weighted by molar-refractivity contribution is -0.111. The van der Waals surface area contributed by atoms with E-state index >= 15 is 0 Å². The summed E-state index contributed by atoms with van der Waals surface area (Å²) in [5.74, 6) is -1.42. The molecule has 3 rings (SSSR count). The highest BCUT2D eigenvalue weighted by molar-refractivity contribution is 7.20. The summed E-state index contributed by atoms with van der Waals surface area (Å²) < 4.78 is 1.16. The normalized spacial score (nSPS) is 11.5. The molecule has 0 aliphatic rings. The fourth-order valence-electron chi connectivity index (χ4n) is 2.39. The van der Waals surface area contributed by atoms with Crippen LogP contribution in [0.3, 0.4) is 0 Å². The van der Waals surface area contributed by atoms with Crippen LogP contribution in [0.5, 0.6) is 0 Å². The number of amides is 1. The van der Waals surface area contributed by atoms with Crippen molar-refractivity contribution in [2.75, 3.05) is 5.32 Å². The zero-order valence-electron chi connectivity index (χ0n) is 12.9. The fraction of sp³-hybridized carbons (Fsp3) is 0.0526. The molecular weight excluding hydrogens is 322 g/mol. The molecule has 2 aromatic carbocycles. The van der Waals surface area contributed by atoms with Gasteiger partial charge in [-0.2, -0.15) is 0 Å². The molecule has 0 aliphatic heterocycles. The van der Waals surface area contributed by atoms with Crippen molar-refractivity contribution >= 4 is 44.6 Å². The van der Waals surface area contributed by atoms with Crippen LogP contribution in [0.2, 0.25) is 0 Å². The second kappa shape index (κ2) is 6.68. The molecule has 0 spiro atoms. The summed E-state index contributed by atoms with van der Waals surface area (Å²) in [4.78, 5) is 24.4. The number of carboxylic acid groups (broad SMARTS) is 1. The van der Waals surface area contributed by atoms with Gasteiger partial charge in [0.15, 0.2) is 0 Å². The molecule has 1 heterocycles. The van der Waals surface area contributed by atoms with Gasteiger partial charge in [0.2, 0.25) is 5.91 Å². The number of aromatic carboxylic acids is 1. The van der Waals surface area contributed by atoms with Crippen molar-refractivity contribution in [3.05, 3.63) is 71.1 Å². The molecule has 24 heavy (non-hydrogen) atoms. The van der Waals surface area contributed by atoms with E-state index in [2.05, 4.69) is 5.32 Å². The molecule has 5 heteroatoms. The van der Waals surface area contributed by atoms with Crippen molar-refractivity contribution in [3.8, 4) is 0 Å². The third-order valence-corrected chi connectivity index (χ3v) is 4.83. The highest BCUT2D eigenvalue weighted by Crippen LogP contribution is 2.30. The van der Waals surface area contributed by atoms with E-state index in [9.17, 15) is 9.59 Å². The summed E-state index contributed by atoms with van der Waals surface area (Å²) in [7, 11) is 0. The zero-order chi connectivity index (χ0) is 17.1. The Labute approximate surface area is 143 Å². The van der Waals surface area contributed by atoms with Crippen LogP contribution in [0, 0.1) is 0 Å². The zero-order valence-corrected chi connectivity index (χ0v) is 13.8. The van der Waals surface area contributed by atoms with Gasteiger partial charge in [0, 0.05) is 15.7 Å². The van der Waals surface area contributed by atoms with Crippen LogP contribution in [0.1, 0.15) is 22.2 Å². The maximum Gasteiger partial charge on any atom is 0.337 e. The molecule has 120 valence electrons. The molecule has 0 saturated heterocycles. The number of benzene rings is 2. The van der Waals surface area contributed by atoms with Crippen molar-refractivity contribution in [3.63, 3.8) is 0 Å². The van der Waals surface area contributed by atoms with Gasteiger partial charge in [0.25, 0.3) is 0 Å². The largest absolute Gasteiger partial charge is 0.478 e. The smallest absolute Gasteiger partial charge is 0.337 e. The lowest BCUT2D eigenvalue weighted by atomic mass is 10.1. The molecule has 0 atom stereocenters.